The third kappa shape index (κ3) is 5.83. The van der Waals surface area contributed by atoms with E-state index in [1.807, 2.05) is 45.0 Å². The van der Waals surface area contributed by atoms with Crippen LogP contribution in [0.5, 0.6) is 0 Å². The van der Waals surface area contributed by atoms with Crippen LogP contribution >= 0.6 is 0 Å². The van der Waals surface area contributed by atoms with E-state index in [-0.39, 0.29) is 41.6 Å². The SMILES string of the molecule is Cc1ccc(C(=O)N2CCCC(C(=O)NC3CCCC(C(=O)NC(C)C)C3)C2)cc1. The summed E-state index contributed by atoms with van der Waals surface area (Å²) in [6.45, 7) is 7.08. The fraction of sp³-hybridized carbons (Fsp3) is 0.625. The molecular weight excluding hydrogens is 378 g/mol. The molecule has 1 heterocycles. The van der Waals surface area contributed by atoms with Gasteiger partial charge in [0.15, 0.2) is 0 Å². The van der Waals surface area contributed by atoms with Crippen molar-refractivity contribution in [3.63, 3.8) is 0 Å². The maximum absolute atomic E-state index is 12.9. The van der Waals surface area contributed by atoms with E-state index in [2.05, 4.69) is 10.6 Å². The molecule has 2 aliphatic rings. The third-order valence-electron chi connectivity index (χ3n) is 6.20. The van der Waals surface area contributed by atoms with Crippen LogP contribution in [0.25, 0.3) is 0 Å². The van der Waals surface area contributed by atoms with Gasteiger partial charge in [-0.1, -0.05) is 24.1 Å². The van der Waals surface area contributed by atoms with Crippen LogP contribution in [0.15, 0.2) is 24.3 Å². The molecule has 1 aromatic carbocycles. The molecule has 1 saturated heterocycles. The van der Waals surface area contributed by atoms with E-state index in [0.29, 0.717) is 25.1 Å². The Morgan fingerprint density at radius 1 is 0.967 bits per heavy atom. The fourth-order valence-electron chi connectivity index (χ4n) is 4.53. The lowest BCUT2D eigenvalue weighted by Gasteiger charge is -2.34. The highest BCUT2D eigenvalue weighted by molar-refractivity contribution is 5.94. The topological polar surface area (TPSA) is 78.5 Å². The van der Waals surface area contributed by atoms with Gasteiger partial charge in [0.2, 0.25) is 11.8 Å². The summed E-state index contributed by atoms with van der Waals surface area (Å²) in [5.41, 5.74) is 1.79. The molecule has 0 aromatic heterocycles. The van der Waals surface area contributed by atoms with Gasteiger partial charge >= 0.3 is 0 Å². The van der Waals surface area contributed by atoms with Crippen molar-refractivity contribution in [2.75, 3.05) is 13.1 Å². The molecule has 2 fully saturated rings. The van der Waals surface area contributed by atoms with Crippen LogP contribution in [0.2, 0.25) is 0 Å². The van der Waals surface area contributed by atoms with Gasteiger partial charge in [0.25, 0.3) is 5.91 Å². The lowest BCUT2D eigenvalue weighted by atomic mass is 9.84. The molecule has 6 heteroatoms. The van der Waals surface area contributed by atoms with Crippen LogP contribution < -0.4 is 10.6 Å². The number of nitrogens with zero attached hydrogens (tertiary/aromatic N) is 1. The molecule has 6 nitrogen and oxygen atoms in total. The highest BCUT2D eigenvalue weighted by Gasteiger charge is 2.32. The van der Waals surface area contributed by atoms with Gasteiger partial charge in [0, 0.05) is 36.7 Å². The summed E-state index contributed by atoms with van der Waals surface area (Å²) in [4.78, 5) is 39.9. The molecule has 0 radical (unpaired) electrons. The lowest BCUT2D eigenvalue weighted by molar-refractivity contribution is -0.130. The van der Waals surface area contributed by atoms with E-state index in [4.69, 9.17) is 0 Å². The molecule has 2 N–H and O–H groups in total. The number of piperidine rings is 1. The van der Waals surface area contributed by atoms with E-state index in [0.717, 1.165) is 37.7 Å². The quantitative estimate of drug-likeness (QED) is 0.779. The Bertz CT molecular complexity index is 759. The van der Waals surface area contributed by atoms with Crippen LogP contribution in [0.1, 0.15) is 68.3 Å². The van der Waals surface area contributed by atoms with Crippen LogP contribution in [-0.4, -0.2) is 47.8 Å². The Morgan fingerprint density at radius 3 is 2.37 bits per heavy atom. The first-order valence-corrected chi connectivity index (χ1v) is 11.3. The first-order chi connectivity index (χ1) is 14.3. The minimum absolute atomic E-state index is 0.00409. The van der Waals surface area contributed by atoms with Crippen LogP contribution in [0, 0.1) is 18.8 Å². The molecular formula is C24H35N3O3. The van der Waals surface area contributed by atoms with Gasteiger partial charge < -0.3 is 15.5 Å². The zero-order chi connectivity index (χ0) is 21.7. The van der Waals surface area contributed by atoms with Gasteiger partial charge in [-0.05, 0) is 65.0 Å². The summed E-state index contributed by atoms with van der Waals surface area (Å²) in [5, 5.41) is 6.17. The Morgan fingerprint density at radius 2 is 1.67 bits per heavy atom. The number of benzene rings is 1. The summed E-state index contributed by atoms with van der Waals surface area (Å²) in [7, 11) is 0. The summed E-state index contributed by atoms with van der Waals surface area (Å²) in [5.74, 6) is -0.103. The van der Waals surface area contributed by atoms with Crippen molar-refractivity contribution in [1.82, 2.24) is 15.5 Å². The zero-order valence-electron chi connectivity index (χ0n) is 18.4. The number of aryl methyl sites for hydroxylation is 1. The second-order valence-corrected chi connectivity index (χ2v) is 9.19. The van der Waals surface area contributed by atoms with Crippen molar-refractivity contribution < 1.29 is 14.4 Å². The van der Waals surface area contributed by atoms with Gasteiger partial charge in [0.05, 0.1) is 5.92 Å². The Hall–Kier alpha value is -2.37. The van der Waals surface area contributed by atoms with E-state index in [1.54, 1.807) is 4.90 Å². The predicted molar refractivity (Wildman–Crippen MR) is 117 cm³/mol. The standard InChI is InChI=1S/C24H35N3O3/c1-16(2)25-22(28)19-6-4-8-21(14-19)26-23(29)20-7-5-13-27(15-20)24(30)18-11-9-17(3)10-12-18/h9-12,16,19-21H,4-8,13-15H2,1-3H3,(H,25,28)(H,26,29). The molecule has 3 unspecified atom stereocenters. The van der Waals surface area contributed by atoms with Crippen LogP contribution in [0.4, 0.5) is 0 Å². The average Bonchev–Trinajstić information content (AvgIpc) is 2.73. The highest BCUT2D eigenvalue weighted by atomic mass is 16.2. The van der Waals surface area contributed by atoms with Gasteiger partial charge in [-0.25, -0.2) is 0 Å². The number of likely N-dealkylation sites (tertiary alicyclic amines) is 1. The van der Waals surface area contributed by atoms with E-state index < -0.39 is 0 Å². The third-order valence-corrected chi connectivity index (χ3v) is 6.20. The molecule has 1 saturated carbocycles. The molecule has 1 aliphatic heterocycles. The van der Waals surface area contributed by atoms with Gasteiger partial charge in [-0.2, -0.15) is 0 Å². The van der Waals surface area contributed by atoms with Crippen molar-refractivity contribution in [1.29, 1.82) is 0 Å². The number of carbonyl (C=O) groups excluding carboxylic acids is 3. The highest BCUT2D eigenvalue weighted by Crippen LogP contribution is 2.26. The first kappa shape index (κ1) is 22.3. The Kier molecular flexibility index (Phi) is 7.51. The van der Waals surface area contributed by atoms with E-state index in [9.17, 15) is 14.4 Å². The predicted octanol–water partition coefficient (Wildman–Crippen LogP) is 3.05. The maximum Gasteiger partial charge on any atom is 0.253 e. The van der Waals surface area contributed by atoms with Crippen LogP contribution in [-0.2, 0) is 9.59 Å². The smallest absolute Gasteiger partial charge is 0.253 e. The number of hydrogen-bond acceptors (Lipinski definition) is 3. The molecule has 0 bridgehead atoms. The number of amides is 3. The summed E-state index contributed by atoms with van der Waals surface area (Å²) >= 11 is 0. The Labute approximate surface area is 179 Å². The van der Waals surface area contributed by atoms with E-state index in [1.165, 1.54) is 0 Å². The first-order valence-electron chi connectivity index (χ1n) is 11.3. The summed E-state index contributed by atoms with van der Waals surface area (Å²) in [6, 6.07) is 7.76. The van der Waals surface area contributed by atoms with Crippen molar-refractivity contribution in [2.24, 2.45) is 11.8 Å². The number of rotatable bonds is 5. The normalized spacial score (nSPS) is 24.4. The molecule has 3 amide bonds. The van der Waals surface area contributed by atoms with Crippen LogP contribution in [0.3, 0.4) is 0 Å². The minimum Gasteiger partial charge on any atom is -0.354 e. The van der Waals surface area contributed by atoms with Crippen molar-refractivity contribution in [3.8, 4) is 0 Å². The number of hydrogen-bond donors (Lipinski definition) is 2. The molecule has 3 rings (SSSR count). The lowest BCUT2D eigenvalue weighted by Crippen LogP contribution is -2.49. The van der Waals surface area contributed by atoms with Gasteiger partial charge in [-0.15, -0.1) is 0 Å². The van der Waals surface area contributed by atoms with Crippen molar-refractivity contribution in [2.45, 2.75) is 71.4 Å². The largest absolute Gasteiger partial charge is 0.354 e. The minimum atomic E-state index is -0.182. The summed E-state index contributed by atoms with van der Waals surface area (Å²) in [6.07, 6.45) is 5.07. The fourth-order valence-corrected chi connectivity index (χ4v) is 4.53. The molecule has 1 aliphatic carbocycles. The van der Waals surface area contributed by atoms with Crippen molar-refractivity contribution >= 4 is 17.7 Å². The van der Waals surface area contributed by atoms with E-state index >= 15 is 0 Å². The average molecular weight is 414 g/mol. The van der Waals surface area contributed by atoms with Crippen molar-refractivity contribution in [3.05, 3.63) is 35.4 Å². The molecule has 164 valence electrons. The molecule has 0 spiro atoms. The zero-order valence-corrected chi connectivity index (χ0v) is 18.4. The monoisotopic (exact) mass is 413 g/mol. The van der Waals surface area contributed by atoms with Gasteiger partial charge in [-0.3, -0.25) is 14.4 Å². The number of carbonyl (C=O) groups is 3. The second kappa shape index (κ2) is 10.1. The molecule has 1 aromatic rings. The maximum atomic E-state index is 12.9. The number of nitrogens with one attached hydrogen (secondary N) is 2. The van der Waals surface area contributed by atoms with Gasteiger partial charge in [0.1, 0.15) is 0 Å². The molecule has 30 heavy (non-hydrogen) atoms. The second-order valence-electron chi connectivity index (χ2n) is 9.19. The molecule has 3 atom stereocenters. The Balaban J connectivity index is 1.54. The summed E-state index contributed by atoms with van der Waals surface area (Å²) < 4.78 is 0.